The summed E-state index contributed by atoms with van der Waals surface area (Å²) in [5, 5.41) is 0. The van der Waals surface area contributed by atoms with Crippen LogP contribution in [0.5, 0.6) is 11.5 Å². The summed E-state index contributed by atoms with van der Waals surface area (Å²) in [5.41, 5.74) is 2.15. The summed E-state index contributed by atoms with van der Waals surface area (Å²) in [7, 11) is 0. The molecule has 0 N–H and O–H groups in total. The van der Waals surface area contributed by atoms with Crippen LogP contribution in [-0.4, -0.2) is 25.3 Å². The second-order valence-electron chi connectivity index (χ2n) is 6.86. The van der Waals surface area contributed by atoms with Gasteiger partial charge in [-0.1, -0.05) is 44.2 Å². The van der Waals surface area contributed by atoms with Crippen LogP contribution in [0.15, 0.2) is 60.7 Å². The van der Waals surface area contributed by atoms with E-state index in [-0.39, 0.29) is 17.5 Å². The average molecular weight is 352 g/mol. The van der Waals surface area contributed by atoms with E-state index in [1.54, 1.807) is 13.0 Å². The zero-order valence-corrected chi connectivity index (χ0v) is 15.4. The predicted octanol–water partition coefficient (Wildman–Crippen LogP) is 4.27. The summed E-state index contributed by atoms with van der Waals surface area (Å²) in [6, 6.07) is 15.8. The fourth-order valence-corrected chi connectivity index (χ4v) is 2.71. The van der Waals surface area contributed by atoms with Gasteiger partial charge in [0.25, 0.3) is 0 Å². The van der Waals surface area contributed by atoms with Gasteiger partial charge in [0.15, 0.2) is 0 Å². The van der Waals surface area contributed by atoms with Gasteiger partial charge in [-0.3, -0.25) is 0 Å². The maximum Gasteiger partial charge on any atom is 0.335 e. The normalized spacial score (nSPS) is 16.5. The molecule has 0 radical (unpaired) electrons. The number of hydrogen-bond acceptors (Lipinski definition) is 4. The van der Waals surface area contributed by atoms with Crippen LogP contribution in [-0.2, 0) is 14.9 Å². The number of carbonyl (C=O) groups excluding carboxylic acids is 1. The second kappa shape index (κ2) is 7.75. The van der Waals surface area contributed by atoms with Crippen molar-refractivity contribution in [3.63, 3.8) is 0 Å². The Morgan fingerprint density at radius 1 is 1.08 bits per heavy atom. The first-order chi connectivity index (χ1) is 12.5. The van der Waals surface area contributed by atoms with E-state index in [0.717, 1.165) is 17.9 Å². The third-order valence-electron chi connectivity index (χ3n) is 4.51. The largest absolute Gasteiger partial charge is 0.491 e. The highest BCUT2D eigenvalue weighted by molar-refractivity contribution is 5.83. The van der Waals surface area contributed by atoms with Crippen LogP contribution in [0.4, 0.5) is 0 Å². The van der Waals surface area contributed by atoms with Gasteiger partial charge < -0.3 is 14.2 Å². The maximum absolute atomic E-state index is 11.5. The SMILES string of the molecule is CC=CC(=O)Oc1ccc(C(C)(C)c2ccc(OCC3CO3)cc2)cc1. The van der Waals surface area contributed by atoms with Crippen molar-refractivity contribution in [3.8, 4) is 11.5 Å². The number of epoxide rings is 1. The van der Waals surface area contributed by atoms with Crippen molar-refractivity contribution in [1.82, 2.24) is 0 Å². The van der Waals surface area contributed by atoms with Crippen LogP contribution in [0, 0.1) is 0 Å². The van der Waals surface area contributed by atoms with E-state index >= 15 is 0 Å². The molecule has 1 unspecified atom stereocenters. The summed E-state index contributed by atoms with van der Waals surface area (Å²) >= 11 is 0. The third kappa shape index (κ3) is 4.52. The van der Waals surface area contributed by atoms with E-state index in [0.29, 0.717) is 12.4 Å². The molecule has 1 saturated heterocycles. The highest BCUT2D eigenvalue weighted by Gasteiger charge is 2.24. The van der Waals surface area contributed by atoms with Crippen LogP contribution in [0.3, 0.4) is 0 Å². The number of hydrogen-bond donors (Lipinski definition) is 0. The predicted molar refractivity (Wildman–Crippen MR) is 101 cm³/mol. The molecule has 0 spiro atoms. The summed E-state index contributed by atoms with van der Waals surface area (Å²) in [6.45, 7) is 7.52. The van der Waals surface area contributed by atoms with Gasteiger partial charge in [0, 0.05) is 11.5 Å². The topological polar surface area (TPSA) is 48.1 Å². The number of rotatable bonds is 7. The minimum Gasteiger partial charge on any atom is -0.491 e. The van der Waals surface area contributed by atoms with Gasteiger partial charge in [0.2, 0.25) is 0 Å². The van der Waals surface area contributed by atoms with Gasteiger partial charge in [-0.15, -0.1) is 0 Å². The molecule has 1 heterocycles. The molecule has 0 bridgehead atoms. The van der Waals surface area contributed by atoms with Gasteiger partial charge in [0.1, 0.15) is 24.2 Å². The van der Waals surface area contributed by atoms with Crippen LogP contribution in [0.25, 0.3) is 0 Å². The molecule has 3 rings (SSSR count). The van der Waals surface area contributed by atoms with Crippen molar-refractivity contribution in [2.24, 2.45) is 0 Å². The Hall–Kier alpha value is -2.59. The summed E-state index contributed by atoms with van der Waals surface area (Å²) in [4.78, 5) is 11.5. The molecule has 136 valence electrons. The molecule has 2 aromatic carbocycles. The van der Waals surface area contributed by atoms with E-state index in [9.17, 15) is 4.79 Å². The molecule has 0 saturated carbocycles. The average Bonchev–Trinajstić information content (AvgIpc) is 3.45. The number of benzene rings is 2. The summed E-state index contributed by atoms with van der Waals surface area (Å²) in [6.07, 6.45) is 3.31. The monoisotopic (exact) mass is 352 g/mol. The van der Waals surface area contributed by atoms with E-state index < -0.39 is 0 Å². The molecule has 4 nitrogen and oxygen atoms in total. The second-order valence-corrected chi connectivity index (χ2v) is 6.86. The molecule has 0 amide bonds. The Balaban J connectivity index is 1.68. The maximum atomic E-state index is 11.5. The third-order valence-corrected chi connectivity index (χ3v) is 4.51. The minimum absolute atomic E-state index is 0.177. The van der Waals surface area contributed by atoms with E-state index in [1.807, 2.05) is 36.4 Å². The fraction of sp³-hybridized carbons (Fsp3) is 0.318. The van der Waals surface area contributed by atoms with E-state index in [4.69, 9.17) is 14.2 Å². The van der Waals surface area contributed by atoms with Gasteiger partial charge in [0.05, 0.1) is 6.61 Å². The molecule has 0 aliphatic carbocycles. The highest BCUT2D eigenvalue weighted by Crippen LogP contribution is 2.33. The van der Waals surface area contributed by atoms with Crippen LogP contribution in [0.1, 0.15) is 31.9 Å². The molecule has 1 aliphatic rings. The Morgan fingerprint density at radius 3 is 2.12 bits per heavy atom. The van der Waals surface area contributed by atoms with E-state index in [1.165, 1.54) is 11.6 Å². The lowest BCUT2D eigenvalue weighted by atomic mass is 9.78. The Labute approximate surface area is 154 Å². The molecule has 0 aromatic heterocycles. The van der Waals surface area contributed by atoms with Crippen molar-refractivity contribution in [3.05, 3.63) is 71.8 Å². The summed E-state index contributed by atoms with van der Waals surface area (Å²) < 4.78 is 16.1. The lowest BCUT2D eigenvalue weighted by Crippen LogP contribution is -2.18. The Morgan fingerprint density at radius 2 is 1.62 bits per heavy atom. The summed E-state index contributed by atoms with van der Waals surface area (Å²) in [5.74, 6) is 1.02. The van der Waals surface area contributed by atoms with Gasteiger partial charge in [-0.2, -0.15) is 0 Å². The molecule has 4 heteroatoms. The van der Waals surface area contributed by atoms with Crippen LogP contribution in [0.2, 0.25) is 0 Å². The zero-order chi connectivity index (χ0) is 18.6. The van der Waals surface area contributed by atoms with Gasteiger partial charge >= 0.3 is 5.97 Å². The molecule has 1 atom stereocenters. The Kier molecular flexibility index (Phi) is 5.43. The number of esters is 1. The highest BCUT2D eigenvalue weighted by atomic mass is 16.6. The number of ether oxygens (including phenoxy) is 3. The number of allylic oxidation sites excluding steroid dienone is 1. The zero-order valence-electron chi connectivity index (χ0n) is 15.4. The smallest absolute Gasteiger partial charge is 0.335 e. The molecular formula is C22H24O4. The minimum atomic E-state index is -0.369. The molecule has 26 heavy (non-hydrogen) atoms. The van der Waals surface area contributed by atoms with Crippen molar-refractivity contribution in [1.29, 1.82) is 0 Å². The first-order valence-electron chi connectivity index (χ1n) is 8.79. The van der Waals surface area contributed by atoms with Gasteiger partial charge in [-0.25, -0.2) is 4.79 Å². The standard InChI is InChI=1S/C22H24O4/c1-4-5-21(23)26-19-12-8-17(9-13-19)22(2,3)16-6-10-18(11-7-16)24-14-20-15-25-20/h4-13,20H,14-15H2,1-3H3. The van der Waals surface area contributed by atoms with Crippen molar-refractivity contribution in [2.45, 2.75) is 32.3 Å². The lowest BCUT2D eigenvalue weighted by molar-refractivity contribution is -0.129. The Bertz CT molecular complexity index is 769. The molecule has 2 aromatic rings. The van der Waals surface area contributed by atoms with Crippen molar-refractivity contribution >= 4 is 5.97 Å². The molecular weight excluding hydrogens is 328 g/mol. The van der Waals surface area contributed by atoms with Gasteiger partial charge in [-0.05, 0) is 42.3 Å². The van der Waals surface area contributed by atoms with Crippen LogP contribution < -0.4 is 9.47 Å². The van der Waals surface area contributed by atoms with E-state index in [2.05, 4.69) is 26.0 Å². The first-order valence-corrected chi connectivity index (χ1v) is 8.79. The quantitative estimate of drug-likeness (QED) is 0.323. The van der Waals surface area contributed by atoms with Crippen molar-refractivity contribution in [2.75, 3.05) is 13.2 Å². The molecule has 1 aliphatic heterocycles. The fourth-order valence-electron chi connectivity index (χ4n) is 2.71. The molecule has 1 fully saturated rings. The first kappa shape index (κ1) is 18.2. The van der Waals surface area contributed by atoms with Crippen LogP contribution >= 0.6 is 0 Å². The number of carbonyl (C=O) groups is 1. The van der Waals surface area contributed by atoms with Crippen molar-refractivity contribution < 1.29 is 19.0 Å². The lowest BCUT2D eigenvalue weighted by Gasteiger charge is -2.26.